The zero-order chi connectivity index (χ0) is 20.5. The molecular weight excluding hydrogens is 364 g/mol. The third-order valence-corrected chi connectivity index (χ3v) is 5.15. The largest absolute Gasteiger partial charge is 0.422 e. The van der Waals surface area contributed by atoms with E-state index in [-0.39, 0.29) is 17.8 Å². The summed E-state index contributed by atoms with van der Waals surface area (Å²) in [5, 5.41) is 14.7. The number of imidazole rings is 1. The summed E-state index contributed by atoms with van der Waals surface area (Å²) in [6, 6.07) is 10.5. The average Bonchev–Trinajstić information content (AvgIpc) is 3.36. The molecule has 0 spiro atoms. The summed E-state index contributed by atoms with van der Waals surface area (Å²) in [5.41, 5.74) is 10.5. The van der Waals surface area contributed by atoms with E-state index in [1.807, 2.05) is 39.7 Å². The third kappa shape index (κ3) is 3.17. The number of hydrogen-bond acceptors (Lipinski definition) is 5. The van der Waals surface area contributed by atoms with E-state index in [4.69, 9.17) is 15.6 Å². The second kappa shape index (κ2) is 7.47. The number of allylic oxidation sites excluding steroid dienone is 1. The standard InChI is InChI=1S/C22H24N6O/c1-4-5-18-20-19(15-6-8-16(9-7-15)27-11-10-25-13-27)17(12-23)21(24)29-22(20)28(26-18)14(2)3/h6-11,13-14,19H,4-5,24H2,1-3H3. The van der Waals surface area contributed by atoms with Gasteiger partial charge in [-0.3, -0.25) is 0 Å². The molecule has 0 fully saturated rings. The predicted molar refractivity (Wildman–Crippen MR) is 109 cm³/mol. The van der Waals surface area contributed by atoms with Crippen LogP contribution in [0.25, 0.3) is 5.69 Å². The van der Waals surface area contributed by atoms with E-state index in [2.05, 4.69) is 31.8 Å². The minimum Gasteiger partial charge on any atom is -0.422 e. The van der Waals surface area contributed by atoms with Crippen molar-refractivity contribution < 1.29 is 4.74 Å². The van der Waals surface area contributed by atoms with Gasteiger partial charge in [-0.05, 0) is 38.0 Å². The second-order valence-corrected chi connectivity index (χ2v) is 7.44. The van der Waals surface area contributed by atoms with E-state index < -0.39 is 0 Å². The van der Waals surface area contributed by atoms with Crippen molar-refractivity contribution in [2.45, 2.75) is 45.6 Å². The molecule has 7 nitrogen and oxygen atoms in total. The number of aryl methyl sites for hydroxylation is 1. The fourth-order valence-electron chi connectivity index (χ4n) is 3.79. The number of nitrogens with two attached hydrogens (primary N) is 1. The lowest BCUT2D eigenvalue weighted by atomic mass is 9.83. The van der Waals surface area contributed by atoms with Gasteiger partial charge in [-0.25, -0.2) is 9.67 Å². The summed E-state index contributed by atoms with van der Waals surface area (Å²) in [6.45, 7) is 6.23. The van der Waals surface area contributed by atoms with Crippen molar-refractivity contribution in [1.82, 2.24) is 19.3 Å². The predicted octanol–water partition coefficient (Wildman–Crippen LogP) is 3.82. The van der Waals surface area contributed by atoms with Gasteiger partial charge in [0.1, 0.15) is 11.6 Å². The van der Waals surface area contributed by atoms with Gasteiger partial charge in [0.05, 0.1) is 29.5 Å². The number of nitriles is 1. The van der Waals surface area contributed by atoms with Crippen molar-refractivity contribution in [3.63, 3.8) is 0 Å². The minimum atomic E-state index is -0.297. The van der Waals surface area contributed by atoms with Gasteiger partial charge in [-0.1, -0.05) is 25.5 Å². The highest BCUT2D eigenvalue weighted by molar-refractivity contribution is 5.56. The van der Waals surface area contributed by atoms with Crippen LogP contribution in [0.1, 0.15) is 56.0 Å². The Morgan fingerprint density at radius 3 is 2.62 bits per heavy atom. The second-order valence-electron chi connectivity index (χ2n) is 7.44. The molecule has 29 heavy (non-hydrogen) atoms. The van der Waals surface area contributed by atoms with Crippen molar-refractivity contribution in [1.29, 1.82) is 5.26 Å². The fraction of sp³-hybridized carbons (Fsp3) is 0.318. The van der Waals surface area contributed by atoms with Gasteiger partial charge in [0.15, 0.2) is 0 Å². The number of benzene rings is 1. The van der Waals surface area contributed by atoms with Gasteiger partial charge in [0, 0.05) is 18.1 Å². The van der Waals surface area contributed by atoms with Crippen LogP contribution >= 0.6 is 0 Å². The van der Waals surface area contributed by atoms with Gasteiger partial charge in [0.25, 0.3) is 0 Å². The molecule has 3 aromatic rings. The normalized spacial score (nSPS) is 15.9. The van der Waals surface area contributed by atoms with Crippen LogP contribution in [0.2, 0.25) is 0 Å². The lowest BCUT2D eigenvalue weighted by Crippen LogP contribution is -2.22. The highest BCUT2D eigenvalue weighted by Crippen LogP contribution is 2.45. The molecule has 1 aliphatic heterocycles. The van der Waals surface area contributed by atoms with Crippen molar-refractivity contribution >= 4 is 0 Å². The molecule has 2 aromatic heterocycles. The Kier molecular flexibility index (Phi) is 4.85. The monoisotopic (exact) mass is 388 g/mol. The maximum atomic E-state index is 9.85. The molecule has 1 aromatic carbocycles. The lowest BCUT2D eigenvalue weighted by molar-refractivity contribution is 0.334. The number of fused-ring (bicyclic) bond motifs is 1. The highest BCUT2D eigenvalue weighted by Gasteiger charge is 2.36. The zero-order valence-electron chi connectivity index (χ0n) is 16.8. The fourth-order valence-corrected chi connectivity index (χ4v) is 3.79. The van der Waals surface area contributed by atoms with Crippen LogP contribution in [0.5, 0.6) is 5.88 Å². The van der Waals surface area contributed by atoms with Crippen molar-refractivity contribution in [2.24, 2.45) is 5.73 Å². The average molecular weight is 388 g/mol. The number of nitrogens with zero attached hydrogens (tertiary/aromatic N) is 5. The first-order valence-corrected chi connectivity index (χ1v) is 9.82. The van der Waals surface area contributed by atoms with Crippen LogP contribution < -0.4 is 10.5 Å². The van der Waals surface area contributed by atoms with Gasteiger partial charge >= 0.3 is 0 Å². The molecule has 148 valence electrons. The van der Waals surface area contributed by atoms with Gasteiger partial charge < -0.3 is 15.0 Å². The van der Waals surface area contributed by atoms with Gasteiger partial charge in [-0.15, -0.1) is 0 Å². The number of aromatic nitrogens is 4. The molecule has 0 radical (unpaired) electrons. The summed E-state index contributed by atoms with van der Waals surface area (Å²) >= 11 is 0. The molecule has 0 aliphatic carbocycles. The molecule has 1 atom stereocenters. The van der Waals surface area contributed by atoms with Crippen LogP contribution in [0.15, 0.2) is 54.4 Å². The third-order valence-electron chi connectivity index (χ3n) is 5.15. The topological polar surface area (TPSA) is 94.7 Å². The number of ether oxygens (including phenoxy) is 1. The van der Waals surface area contributed by atoms with E-state index in [1.54, 1.807) is 12.5 Å². The van der Waals surface area contributed by atoms with Crippen LogP contribution in [0.3, 0.4) is 0 Å². The molecule has 1 aliphatic rings. The molecule has 0 amide bonds. The molecule has 0 bridgehead atoms. The van der Waals surface area contributed by atoms with E-state index in [0.717, 1.165) is 35.3 Å². The Bertz CT molecular complexity index is 1080. The SMILES string of the molecule is CCCc1nn(C(C)C)c2c1C(c1ccc(-n3ccnc3)cc1)C(C#N)=C(N)O2. The lowest BCUT2D eigenvalue weighted by Gasteiger charge is -2.25. The molecule has 7 heteroatoms. The molecule has 2 N–H and O–H groups in total. The maximum absolute atomic E-state index is 9.85. The first kappa shape index (κ1) is 18.8. The summed E-state index contributed by atoms with van der Waals surface area (Å²) in [4.78, 5) is 4.10. The Morgan fingerprint density at radius 1 is 1.28 bits per heavy atom. The van der Waals surface area contributed by atoms with Crippen molar-refractivity contribution in [3.8, 4) is 17.6 Å². The number of hydrogen-bond donors (Lipinski definition) is 1. The zero-order valence-corrected chi connectivity index (χ0v) is 16.8. The first-order chi connectivity index (χ1) is 14.0. The number of rotatable bonds is 5. The van der Waals surface area contributed by atoms with E-state index >= 15 is 0 Å². The molecular formula is C22H24N6O. The van der Waals surface area contributed by atoms with E-state index in [9.17, 15) is 5.26 Å². The minimum absolute atomic E-state index is 0.120. The van der Waals surface area contributed by atoms with Crippen molar-refractivity contribution in [2.75, 3.05) is 0 Å². The Balaban J connectivity index is 1.87. The van der Waals surface area contributed by atoms with Crippen molar-refractivity contribution in [3.05, 3.63) is 71.3 Å². The first-order valence-electron chi connectivity index (χ1n) is 9.82. The Labute approximate surface area is 170 Å². The molecule has 0 saturated carbocycles. The van der Waals surface area contributed by atoms with Gasteiger partial charge in [0.2, 0.25) is 11.8 Å². The summed E-state index contributed by atoms with van der Waals surface area (Å²) in [6.07, 6.45) is 7.16. The van der Waals surface area contributed by atoms with Crippen LogP contribution in [0, 0.1) is 11.3 Å². The molecule has 4 rings (SSSR count). The highest BCUT2D eigenvalue weighted by atomic mass is 16.5. The Hall–Kier alpha value is -3.53. The van der Waals surface area contributed by atoms with Crippen LogP contribution in [-0.4, -0.2) is 19.3 Å². The van der Waals surface area contributed by atoms with E-state index in [0.29, 0.717) is 11.5 Å². The summed E-state index contributed by atoms with van der Waals surface area (Å²) in [7, 11) is 0. The van der Waals surface area contributed by atoms with Crippen LogP contribution in [-0.2, 0) is 6.42 Å². The van der Waals surface area contributed by atoms with Gasteiger partial charge in [-0.2, -0.15) is 10.4 Å². The van der Waals surface area contributed by atoms with E-state index in [1.165, 1.54) is 0 Å². The van der Waals surface area contributed by atoms with Crippen LogP contribution in [0.4, 0.5) is 0 Å². The molecule has 3 heterocycles. The maximum Gasteiger partial charge on any atom is 0.224 e. The summed E-state index contributed by atoms with van der Waals surface area (Å²) in [5.74, 6) is 0.492. The Morgan fingerprint density at radius 2 is 2.03 bits per heavy atom. The molecule has 1 unspecified atom stereocenters. The summed E-state index contributed by atoms with van der Waals surface area (Å²) < 4.78 is 9.72. The quantitative estimate of drug-likeness (QED) is 0.717. The molecule has 0 saturated heterocycles. The smallest absolute Gasteiger partial charge is 0.224 e.